The summed E-state index contributed by atoms with van der Waals surface area (Å²) >= 11 is 0. The lowest BCUT2D eigenvalue weighted by atomic mass is 10.0. The van der Waals surface area contributed by atoms with E-state index in [-0.39, 0.29) is 5.54 Å². The molecule has 17 heavy (non-hydrogen) atoms. The van der Waals surface area contributed by atoms with Gasteiger partial charge >= 0.3 is 0 Å². The molecule has 4 heteroatoms. The minimum absolute atomic E-state index is 0.0584. The highest BCUT2D eigenvalue weighted by molar-refractivity contribution is 5.48. The fraction of sp³-hybridized carbons (Fsp3) is 0.692. The summed E-state index contributed by atoms with van der Waals surface area (Å²) in [5, 5.41) is 6.69. The molecule has 0 saturated carbocycles. The molecule has 1 aromatic rings. The normalized spacial score (nSPS) is 11.4. The number of aromatic nitrogens is 2. The van der Waals surface area contributed by atoms with Gasteiger partial charge in [-0.2, -0.15) is 0 Å². The Hall–Kier alpha value is -1.32. The van der Waals surface area contributed by atoms with Crippen molar-refractivity contribution in [2.24, 2.45) is 0 Å². The zero-order valence-electron chi connectivity index (χ0n) is 11.6. The van der Waals surface area contributed by atoms with E-state index < -0.39 is 0 Å². The summed E-state index contributed by atoms with van der Waals surface area (Å²) < 4.78 is 0. The molecule has 2 N–H and O–H groups in total. The van der Waals surface area contributed by atoms with Crippen LogP contribution in [0.5, 0.6) is 0 Å². The van der Waals surface area contributed by atoms with Gasteiger partial charge in [0.2, 0.25) is 0 Å². The average molecular weight is 236 g/mol. The summed E-state index contributed by atoms with van der Waals surface area (Å²) in [5.74, 6) is 2.67. The van der Waals surface area contributed by atoms with Crippen LogP contribution in [0.2, 0.25) is 0 Å². The molecule has 0 radical (unpaired) electrons. The van der Waals surface area contributed by atoms with E-state index in [0.29, 0.717) is 0 Å². The first kappa shape index (κ1) is 13.7. The van der Waals surface area contributed by atoms with Gasteiger partial charge in [0.05, 0.1) is 0 Å². The zero-order valence-corrected chi connectivity index (χ0v) is 11.6. The largest absolute Gasteiger partial charge is 0.370 e. The first-order valence-electron chi connectivity index (χ1n) is 6.40. The van der Waals surface area contributed by atoms with Gasteiger partial charge in [0.15, 0.2) is 0 Å². The van der Waals surface area contributed by atoms with Crippen LogP contribution in [0.15, 0.2) is 6.07 Å². The highest BCUT2D eigenvalue weighted by atomic mass is 15.1. The Kier molecular flexibility index (Phi) is 4.73. The van der Waals surface area contributed by atoms with Crippen LogP contribution in [-0.4, -0.2) is 22.1 Å². The standard InChI is InChI=1S/C13H24N4/c1-6-10-15-11(14-8-3)9-12(16-10)17-13(4,5)7-2/h9H,6-8H2,1-5H3,(H2,14,15,16,17). The lowest BCUT2D eigenvalue weighted by molar-refractivity contribution is 0.544. The van der Waals surface area contributed by atoms with E-state index in [4.69, 9.17) is 0 Å². The summed E-state index contributed by atoms with van der Waals surface area (Å²) in [5.41, 5.74) is 0.0584. The third-order valence-corrected chi connectivity index (χ3v) is 2.80. The fourth-order valence-corrected chi connectivity index (χ4v) is 1.43. The second kappa shape index (κ2) is 5.84. The lowest BCUT2D eigenvalue weighted by Crippen LogP contribution is -2.30. The Labute approximate surface area is 104 Å². The van der Waals surface area contributed by atoms with Crippen LogP contribution in [0.3, 0.4) is 0 Å². The second-order valence-corrected chi connectivity index (χ2v) is 4.80. The van der Waals surface area contributed by atoms with Crippen molar-refractivity contribution in [1.82, 2.24) is 9.97 Å². The molecule has 0 saturated heterocycles. The predicted molar refractivity (Wildman–Crippen MR) is 73.6 cm³/mol. The first-order valence-corrected chi connectivity index (χ1v) is 6.40. The van der Waals surface area contributed by atoms with Gasteiger partial charge in [-0.15, -0.1) is 0 Å². The van der Waals surface area contributed by atoms with Crippen LogP contribution in [0.25, 0.3) is 0 Å². The molecule has 0 aliphatic rings. The lowest BCUT2D eigenvalue weighted by Gasteiger charge is -2.25. The van der Waals surface area contributed by atoms with Crippen molar-refractivity contribution < 1.29 is 0 Å². The number of hydrogen-bond acceptors (Lipinski definition) is 4. The maximum Gasteiger partial charge on any atom is 0.132 e. The summed E-state index contributed by atoms with van der Waals surface area (Å²) in [7, 11) is 0. The van der Waals surface area contributed by atoms with Gasteiger partial charge in [-0.1, -0.05) is 13.8 Å². The van der Waals surface area contributed by atoms with Crippen LogP contribution in [-0.2, 0) is 6.42 Å². The average Bonchev–Trinajstić information content (AvgIpc) is 2.28. The molecule has 0 spiro atoms. The van der Waals surface area contributed by atoms with Crippen LogP contribution >= 0.6 is 0 Å². The summed E-state index contributed by atoms with van der Waals surface area (Å²) in [6, 6.07) is 1.97. The third kappa shape index (κ3) is 4.21. The van der Waals surface area contributed by atoms with Crippen molar-refractivity contribution in [3.05, 3.63) is 11.9 Å². The van der Waals surface area contributed by atoms with Crippen molar-refractivity contribution in [3.8, 4) is 0 Å². The topological polar surface area (TPSA) is 49.8 Å². The number of hydrogen-bond donors (Lipinski definition) is 2. The number of nitrogens with zero attached hydrogens (tertiary/aromatic N) is 2. The maximum absolute atomic E-state index is 4.51. The van der Waals surface area contributed by atoms with Crippen molar-refractivity contribution in [1.29, 1.82) is 0 Å². The molecule has 0 atom stereocenters. The Bertz CT molecular complexity index is 360. The summed E-state index contributed by atoms with van der Waals surface area (Å²) in [6.45, 7) is 11.5. The molecule has 0 aliphatic carbocycles. The quantitative estimate of drug-likeness (QED) is 0.797. The van der Waals surface area contributed by atoms with Crippen LogP contribution in [0.4, 0.5) is 11.6 Å². The minimum Gasteiger partial charge on any atom is -0.370 e. The molecular weight excluding hydrogens is 212 g/mol. The molecular formula is C13H24N4. The molecule has 1 rings (SSSR count). The summed E-state index contributed by atoms with van der Waals surface area (Å²) in [6.07, 6.45) is 1.90. The van der Waals surface area contributed by atoms with E-state index in [2.05, 4.69) is 55.2 Å². The molecule has 0 amide bonds. The number of aryl methyl sites for hydroxylation is 1. The van der Waals surface area contributed by atoms with E-state index in [9.17, 15) is 0 Å². The van der Waals surface area contributed by atoms with Gasteiger partial charge in [0, 0.05) is 24.6 Å². The van der Waals surface area contributed by atoms with Crippen LogP contribution < -0.4 is 10.6 Å². The maximum atomic E-state index is 4.51. The van der Waals surface area contributed by atoms with Crippen molar-refractivity contribution >= 4 is 11.6 Å². The van der Waals surface area contributed by atoms with Gasteiger partial charge in [-0.05, 0) is 27.2 Å². The van der Waals surface area contributed by atoms with Gasteiger partial charge in [0.25, 0.3) is 0 Å². The Morgan fingerprint density at radius 3 is 2.29 bits per heavy atom. The molecule has 0 bridgehead atoms. The van der Waals surface area contributed by atoms with E-state index in [1.54, 1.807) is 0 Å². The van der Waals surface area contributed by atoms with E-state index in [1.807, 2.05) is 6.07 Å². The molecule has 0 unspecified atom stereocenters. The van der Waals surface area contributed by atoms with Gasteiger partial charge < -0.3 is 10.6 Å². The molecule has 4 nitrogen and oxygen atoms in total. The van der Waals surface area contributed by atoms with E-state index in [1.165, 1.54) is 0 Å². The highest BCUT2D eigenvalue weighted by Gasteiger charge is 2.15. The molecule has 0 fully saturated rings. The highest BCUT2D eigenvalue weighted by Crippen LogP contribution is 2.18. The minimum atomic E-state index is 0.0584. The molecule has 0 aliphatic heterocycles. The number of anilines is 2. The van der Waals surface area contributed by atoms with E-state index >= 15 is 0 Å². The Balaban J connectivity index is 2.94. The van der Waals surface area contributed by atoms with Gasteiger partial charge in [0.1, 0.15) is 17.5 Å². The Morgan fingerprint density at radius 2 is 1.76 bits per heavy atom. The smallest absolute Gasteiger partial charge is 0.132 e. The summed E-state index contributed by atoms with van der Waals surface area (Å²) in [4.78, 5) is 8.94. The monoisotopic (exact) mass is 236 g/mol. The van der Waals surface area contributed by atoms with Crippen molar-refractivity contribution in [2.75, 3.05) is 17.2 Å². The molecule has 0 aromatic carbocycles. The molecule has 1 heterocycles. The van der Waals surface area contributed by atoms with Crippen LogP contribution in [0, 0.1) is 0 Å². The Morgan fingerprint density at radius 1 is 1.12 bits per heavy atom. The first-order chi connectivity index (χ1) is 8.00. The third-order valence-electron chi connectivity index (χ3n) is 2.80. The fourth-order valence-electron chi connectivity index (χ4n) is 1.43. The van der Waals surface area contributed by atoms with E-state index in [0.717, 1.165) is 36.8 Å². The van der Waals surface area contributed by atoms with Gasteiger partial charge in [-0.25, -0.2) is 9.97 Å². The van der Waals surface area contributed by atoms with Crippen LogP contribution in [0.1, 0.15) is 46.9 Å². The van der Waals surface area contributed by atoms with Crippen molar-refractivity contribution in [3.63, 3.8) is 0 Å². The predicted octanol–water partition coefficient (Wildman–Crippen LogP) is 3.07. The number of nitrogens with one attached hydrogen (secondary N) is 2. The number of rotatable bonds is 6. The second-order valence-electron chi connectivity index (χ2n) is 4.80. The molecule has 96 valence electrons. The molecule has 1 aromatic heterocycles. The van der Waals surface area contributed by atoms with Crippen molar-refractivity contribution in [2.45, 2.75) is 53.0 Å². The van der Waals surface area contributed by atoms with Gasteiger partial charge in [-0.3, -0.25) is 0 Å². The zero-order chi connectivity index (χ0) is 12.9. The SMILES string of the molecule is CCNc1cc(NC(C)(C)CC)nc(CC)n1.